The zero-order chi connectivity index (χ0) is 14.7. The molecule has 0 fully saturated rings. The molecule has 1 rings (SSSR count). The van der Waals surface area contributed by atoms with Gasteiger partial charge in [-0.05, 0) is 6.92 Å². The summed E-state index contributed by atoms with van der Waals surface area (Å²) in [6.45, 7) is 7.15. The van der Waals surface area contributed by atoms with Crippen LogP contribution in [0.25, 0.3) is 0 Å². The van der Waals surface area contributed by atoms with Crippen LogP contribution in [-0.4, -0.2) is 196 Å². The molecule has 1 aromatic rings. The third-order valence-corrected chi connectivity index (χ3v) is 1.12. The van der Waals surface area contributed by atoms with E-state index in [1.165, 1.54) is 208 Å². The zero-order valence-corrected chi connectivity index (χ0v) is 44.0. The molecule has 0 saturated carbocycles. The van der Waals surface area contributed by atoms with E-state index in [4.69, 9.17) is 4.79 Å². The molecule has 0 unspecified atom stereocenters. The first-order chi connectivity index (χ1) is 8.20. The van der Waals surface area contributed by atoms with E-state index in [9.17, 15) is 0 Å². The third kappa shape index (κ3) is 53.1. The van der Waals surface area contributed by atoms with E-state index in [-0.39, 0.29) is 156 Å². The van der Waals surface area contributed by atoms with Crippen molar-refractivity contribution in [1.29, 1.82) is 0 Å². The molecule has 0 amide bonds. The Morgan fingerprint density at radius 1 is 0.900 bits per heavy atom. The van der Waals surface area contributed by atoms with Crippen LogP contribution in [-0.2, 0) is 4.79 Å². The van der Waals surface area contributed by atoms with Crippen molar-refractivity contribution in [1.82, 2.24) is 0 Å². The monoisotopic (exact) mass is 500 g/mol. The van der Waals surface area contributed by atoms with Crippen molar-refractivity contribution in [2.24, 2.45) is 0 Å². The predicted molar refractivity (Wildman–Crippen MR) is 82.6 cm³/mol. The van der Waals surface area contributed by atoms with Crippen molar-refractivity contribution >= 4 is 196 Å². The Morgan fingerprint density at radius 2 is 1.10 bits per heavy atom. The molecular formula is C10H13K9O. The van der Waals surface area contributed by atoms with Gasteiger partial charge in [-0.2, -0.15) is 31.5 Å². The summed E-state index contributed by atoms with van der Waals surface area (Å²) in [5.41, 5.74) is 2.37. The molecule has 0 aromatic heterocycles. The maximum absolute atomic E-state index is 8.68. The van der Waals surface area contributed by atoms with Gasteiger partial charge in [0.2, 0.25) is 0 Å². The molecule has 0 saturated heterocycles. The molecule has 0 aliphatic rings. The van der Waals surface area contributed by atoms with Gasteiger partial charge in [0.1, 0.15) is 0 Å². The Balaban J connectivity index is -0.0000000192. The van der Waals surface area contributed by atoms with Gasteiger partial charge in [-0.1, -0.05) is 5.56 Å². The van der Waals surface area contributed by atoms with Gasteiger partial charge in [-0.3, -0.25) is 6.29 Å². The van der Waals surface area contributed by atoms with Gasteiger partial charge in [0, 0.05) is 0 Å². The molecule has 1 nitrogen and oxygen atoms in total. The Morgan fingerprint density at radius 3 is 1.25 bits per heavy atom. The zero-order valence-electron chi connectivity index (χ0n) is 16.9. The number of hydrogen-bond donors (Lipinski definition) is 0. The molecule has 68 valence electrons. The summed E-state index contributed by atoms with van der Waals surface area (Å²) >= 11 is 7.50. The van der Waals surface area contributed by atoms with Crippen LogP contribution in [0.5, 0.6) is 0 Å². The summed E-state index contributed by atoms with van der Waals surface area (Å²) in [5.74, 6) is 0. The average Bonchev–Trinajstić information content (AvgIpc) is 2.41. The Hall–Kier alpha value is 13.5. The fourth-order valence-electron chi connectivity index (χ4n) is 0.588. The Kier molecular flexibility index (Phi) is 135. The molecule has 0 heterocycles. The second kappa shape index (κ2) is 53.7. The Bertz CT molecular complexity index is 203. The maximum atomic E-state index is 8.68. The first-order valence-corrected chi connectivity index (χ1v) is 54.4. The van der Waals surface area contributed by atoms with Gasteiger partial charge < -0.3 is 6.22 Å². The van der Waals surface area contributed by atoms with Gasteiger partial charge in [0.25, 0.3) is 0 Å². The predicted octanol–water partition coefficient (Wildman–Crippen LogP) is -8.87. The van der Waals surface area contributed by atoms with E-state index in [1.807, 2.05) is 12.1 Å². The van der Waals surface area contributed by atoms with Crippen LogP contribution in [0.4, 0.5) is 0 Å². The van der Waals surface area contributed by atoms with Crippen LogP contribution >= 0.6 is 0 Å². The Labute approximate surface area is 391 Å². The van der Waals surface area contributed by atoms with Gasteiger partial charge in [0.05, 0.1) is 0 Å². The van der Waals surface area contributed by atoms with Crippen molar-refractivity contribution in [2.45, 2.75) is 13.8 Å². The average molecular weight is 501 g/mol. The van der Waals surface area contributed by atoms with Crippen molar-refractivity contribution in [2.75, 3.05) is 0 Å². The van der Waals surface area contributed by atoms with Crippen LogP contribution in [0.15, 0.2) is 24.3 Å². The minimum atomic E-state index is 0. The van der Waals surface area contributed by atoms with Crippen LogP contribution in [0, 0.1) is 13.8 Å². The molecule has 0 radical (unpaired) electrons. The minimum absolute atomic E-state index is 0. The van der Waals surface area contributed by atoms with Gasteiger partial charge in [0.15, 0.2) is 0 Å². The van der Waals surface area contributed by atoms with Crippen molar-refractivity contribution in [3.63, 3.8) is 0 Å². The molecule has 10 heteroatoms. The summed E-state index contributed by atoms with van der Waals surface area (Å²) in [4.78, 5) is 8.68. The summed E-state index contributed by atoms with van der Waals surface area (Å²) in [7, 11) is 0. The third-order valence-electron chi connectivity index (χ3n) is 1.12. The van der Waals surface area contributed by atoms with E-state index in [0.29, 0.717) is 0 Å². The van der Waals surface area contributed by atoms with E-state index in [2.05, 4.69) is 26.0 Å². The quantitative estimate of drug-likeness (QED) is 0.255. The normalized spacial score (nSPS) is 5.50. The molecule has 20 heavy (non-hydrogen) atoms. The number of aryl methyl sites for hydroxylation is 1. The summed E-state index contributed by atoms with van der Waals surface area (Å²) < 4.78 is 0. The number of benzene rings is 1. The van der Waals surface area contributed by atoms with Crippen LogP contribution in [0.2, 0.25) is 0 Å². The van der Waals surface area contributed by atoms with Crippen LogP contribution in [0.3, 0.4) is 0 Å². The van der Waals surface area contributed by atoms with Gasteiger partial charge in [-0.15, -0.1) is 12.1 Å². The van der Waals surface area contributed by atoms with E-state index in [0.717, 1.165) is 5.56 Å². The van der Waals surface area contributed by atoms with Gasteiger partial charge in [-0.25, -0.2) is 0 Å². The first-order valence-electron chi connectivity index (χ1n) is 6.38. The molecule has 0 spiro atoms. The van der Waals surface area contributed by atoms with E-state index >= 15 is 0 Å². The van der Waals surface area contributed by atoms with Crippen molar-refractivity contribution in [3.8, 4) is 0 Å². The molecule has 1 aromatic carbocycles. The first kappa shape index (κ1) is 50.4. The van der Waals surface area contributed by atoms with Crippen molar-refractivity contribution in [3.05, 3.63) is 42.3 Å². The second-order valence-corrected chi connectivity index (χ2v) is 2.19. The number of hydrogen-bond acceptors (Lipinski definition) is 1. The summed E-state index contributed by atoms with van der Waals surface area (Å²) in [6, 6.07) is 8.13. The standard InChI is InChI=1S/C8H9.C2H3O.9K.H/c1-7-3-5-8(2)6-4-7;1-2-3;;;;;;;;;;/h3-6H,1H2,2H3;1H3;;;;;;;;;;/q2*-1;;;;;;;3*+1;-1. The van der Waals surface area contributed by atoms with E-state index in [1.54, 1.807) is 0 Å². The number of carbonyl (C=O) groups excluding carboxylic acids is 1. The van der Waals surface area contributed by atoms with Crippen molar-refractivity contribution < 1.29 is 160 Å². The fourth-order valence-corrected chi connectivity index (χ4v) is 0.588. The topological polar surface area (TPSA) is 17.1 Å². The molecule has 0 N–H and O–H groups in total. The summed E-state index contributed by atoms with van der Waals surface area (Å²) in [6.07, 6.45) is 1.50. The molecule has 0 bridgehead atoms. The molecular weight excluding hydrogens is 488 g/mol. The van der Waals surface area contributed by atoms with E-state index < -0.39 is 0 Å². The molecule has 0 atom stereocenters. The van der Waals surface area contributed by atoms with Crippen LogP contribution < -0.4 is 154 Å². The molecule has 0 aliphatic carbocycles. The number of rotatable bonds is 0. The fraction of sp³-hybridized carbons (Fsp3) is 0.200. The SMILES string of the molecule is C[C-]=O.[CH2-]c1ccc(C)cc1.[H-].[K+].[K+].[K+].[K][K].[K][K].[K][K]. The van der Waals surface area contributed by atoms with Crippen LogP contribution in [0.1, 0.15) is 19.5 Å². The van der Waals surface area contributed by atoms with Gasteiger partial charge >= 0.3 is 344 Å². The molecule has 0 aliphatic heterocycles. The second-order valence-electron chi connectivity index (χ2n) is 2.19. The summed E-state index contributed by atoms with van der Waals surface area (Å²) in [5, 5.41) is 0.